The number of hydrogen-bond acceptors (Lipinski definition) is 7. The minimum absolute atomic E-state index is 0.0271. The molecular formula is C37H42FN2O6+. The molecule has 1 heterocycles. The Morgan fingerprint density at radius 1 is 0.739 bits per heavy atom. The Labute approximate surface area is 270 Å². The van der Waals surface area contributed by atoms with Gasteiger partial charge in [-0.05, 0) is 67.1 Å². The quantitative estimate of drug-likeness (QED) is 0.0539. The highest BCUT2D eigenvalue weighted by Crippen LogP contribution is 2.25. The summed E-state index contributed by atoms with van der Waals surface area (Å²) in [7, 11) is 3.95. The zero-order chi connectivity index (χ0) is 32.9. The summed E-state index contributed by atoms with van der Waals surface area (Å²) in [5, 5.41) is 0. The molecule has 0 aliphatic rings. The fraction of sp³-hybridized carbons (Fsp3) is 0.324. The lowest BCUT2D eigenvalue weighted by Gasteiger charge is -2.13. The molecule has 4 aromatic rings. The molecule has 46 heavy (non-hydrogen) atoms. The first kappa shape index (κ1) is 34.0. The maximum absolute atomic E-state index is 14.8. The summed E-state index contributed by atoms with van der Waals surface area (Å²) in [6, 6.07) is 20.6. The van der Waals surface area contributed by atoms with Crippen LogP contribution in [0.4, 0.5) is 10.1 Å². The van der Waals surface area contributed by atoms with E-state index in [1.807, 2.05) is 55.0 Å². The zero-order valence-corrected chi connectivity index (χ0v) is 26.9. The Bertz CT molecular complexity index is 1560. The molecule has 0 spiro atoms. The Hall–Kier alpha value is -4.92. The van der Waals surface area contributed by atoms with Crippen molar-refractivity contribution < 1.29 is 37.5 Å². The number of pyridine rings is 1. The SMILES string of the molecule is CCCCCCCCOc1ccc(C(=O)Oc2ccc(OC(=O)c3ccc(OC(C)[n+]4ccc(N(C)C)cc4)cc3)cc2F)cc1. The number of halogens is 1. The number of anilines is 1. The number of esters is 2. The third kappa shape index (κ3) is 10.1. The number of rotatable bonds is 16. The normalized spacial score (nSPS) is 11.4. The predicted octanol–water partition coefficient (Wildman–Crippen LogP) is 7.95. The van der Waals surface area contributed by atoms with Gasteiger partial charge in [0.15, 0.2) is 24.0 Å². The first-order chi connectivity index (χ1) is 22.2. The van der Waals surface area contributed by atoms with E-state index in [0.29, 0.717) is 18.1 Å². The van der Waals surface area contributed by atoms with E-state index in [0.717, 1.165) is 24.6 Å². The number of carbonyl (C=O) groups is 2. The summed E-state index contributed by atoms with van der Waals surface area (Å²) in [6.45, 7) is 4.72. The summed E-state index contributed by atoms with van der Waals surface area (Å²) in [5.74, 6) is -1.31. The minimum atomic E-state index is -0.841. The van der Waals surface area contributed by atoms with Gasteiger partial charge in [0, 0.05) is 44.9 Å². The van der Waals surface area contributed by atoms with Crippen LogP contribution in [0.2, 0.25) is 0 Å². The van der Waals surface area contributed by atoms with Gasteiger partial charge in [-0.1, -0.05) is 39.0 Å². The molecule has 4 rings (SSSR count). The van der Waals surface area contributed by atoms with Crippen LogP contribution in [-0.4, -0.2) is 32.6 Å². The van der Waals surface area contributed by atoms with E-state index in [4.69, 9.17) is 18.9 Å². The minimum Gasteiger partial charge on any atom is -0.494 e. The zero-order valence-electron chi connectivity index (χ0n) is 26.9. The van der Waals surface area contributed by atoms with Crippen molar-refractivity contribution in [2.24, 2.45) is 0 Å². The van der Waals surface area contributed by atoms with Crippen LogP contribution in [0, 0.1) is 5.82 Å². The Kier molecular flexibility index (Phi) is 12.5. The van der Waals surface area contributed by atoms with E-state index >= 15 is 0 Å². The standard InChI is InChI=1S/C37H42FN2O6/c1-5-6-7-8-9-10-25-43-31-15-11-29(12-16-31)37(42)46-35-20-19-33(26-34(35)38)45-36(41)28-13-17-32(18-14-28)44-27(2)40-23-21-30(22-24-40)39(3)4/h11-24,26-27H,5-10,25H2,1-4H3/q+1. The third-order valence-electron chi connectivity index (χ3n) is 7.34. The molecular weight excluding hydrogens is 587 g/mol. The molecule has 0 N–H and O–H groups in total. The number of unbranched alkanes of at least 4 members (excludes halogenated alkanes) is 5. The first-order valence-electron chi connectivity index (χ1n) is 15.6. The summed E-state index contributed by atoms with van der Waals surface area (Å²) >= 11 is 0. The summed E-state index contributed by atoms with van der Waals surface area (Å²) in [6.07, 6.45) is 10.6. The van der Waals surface area contributed by atoms with Crippen molar-refractivity contribution >= 4 is 17.6 Å². The van der Waals surface area contributed by atoms with Gasteiger partial charge in [-0.3, -0.25) is 0 Å². The average Bonchev–Trinajstić information content (AvgIpc) is 3.06. The first-order valence-corrected chi connectivity index (χ1v) is 15.6. The number of aromatic nitrogens is 1. The van der Waals surface area contributed by atoms with Gasteiger partial charge in [0.05, 0.1) is 17.7 Å². The Balaban J connectivity index is 1.25. The molecule has 0 amide bonds. The molecule has 0 saturated carbocycles. The van der Waals surface area contributed by atoms with Crippen LogP contribution < -0.4 is 28.4 Å². The molecule has 3 aromatic carbocycles. The fourth-order valence-corrected chi connectivity index (χ4v) is 4.61. The van der Waals surface area contributed by atoms with Crippen molar-refractivity contribution in [1.29, 1.82) is 0 Å². The molecule has 0 aliphatic heterocycles. The lowest BCUT2D eigenvalue weighted by Crippen LogP contribution is -2.40. The van der Waals surface area contributed by atoms with Gasteiger partial charge < -0.3 is 23.8 Å². The molecule has 1 aromatic heterocycles. The highest BCUT2D eigenvalue weighted by atomic mass is 19.1. The monoisotopic (exact) mass is 629 g/mol. The van der Waals surface area contributed by atoms with Gasteiger partial charge in [-0.15, -0.1) is 0 Å². The highest BCUT2D eigenvalue weighted by Gasteiger charge is 2.17. The lowest BCUT2D eigenvalue weighted by atomic mass is 10.1. The van der Waals surface area contributed by atoms with Gasteiger partial charge >= 0.3 is 11.9 Å². The molecule has 0 saturated heterocycles. The molecule has 0 bridgehead atoms. The van der Waals surface area contributed by atoms with E-state index in [1.54, 1.807) is 48.5 Å². The molecule has 0 radical (unpaired) electrons. The predicted molar refractivity (Wildman–Crippen MR) is 174 cm³/mol. The van der Waals surface area contributed by atoms with Crippen LogP contribution in [0.5, 0.6) is 23.0 Å². The van der Waals surface area contributed by atoms with Crippen molar-refractivity contribution in [2.75, 3.05) is 25.6 Å². The molecule has 242 valence electrons. The van der Waals surface area contributed by atoms with Gasteiger partial charge in [0.25, 0.3) is 6.23 Å². The van der Waals surface area contributed by atoms with Crippen molar-refractivity contribution in [3.05, 3.63) is 108 Å². The van der Waals surface area contributed by atoms with Gasteiger partial charge in [0.1, 0.15) is 17.2 Å². The van der Waals surface area contributed by atoms with Crippen molar-refractivity contribution in [2.45, 2.75) is 58.6 Å². The molecule has 9 heteroatoms. The molecule has 1 unspecified atom stereocenters. The topological polar surface area (TPSA) is 78.2 Å². The van der Waals surface area contributed by atoms with E-state index in [-0.39, 0.29) is 28.9 Å². The number of ether oxygens (including phenoxy) is 4. The van der Waals surface area contributed by atoms with E-state index in [9.17, 15) is 14.0 Å². The van der Waals surface area contributed by atoms with Crippen LogP contribution >= 0.6 is 0 Å². The molecule has 1 atom stereocenters. The fourth-order valence-electron chi connectivity index (χ4n) is 4.61. The van der Waals surface area contributed by atoms with Crippen molar-refractivity contribution in [3.63, 3.8) is 0 Å². The second kappa shape index (κ2) is 17.0. The van der Waals surface area contributed by atoms with Crippen LogP contribution in [0.25, 0.3) is 0 Å². The van der Waals surface area contributed by atoms with E-state index in [2.05, 4.69) is 6.92 Å². The van der Waals surface area contributed by atoms with Gasteiger partial charge in [-0.25, -0.2) is 14.0 Å². The van der Waals surface area contributed by atoms with E-state index in [1.165, 1.54) is 37.8 Å². The maximum Gasteiger partial charge on any atom is 0.343 e. The van der Waals surface area contributed by atoms with Crippen LogP contribution in [0.15, 0.2) is 91.3 Å². The summed E-state index contributed by atoms with van der Waals surface area (Å²) in [5.41, 5.74) is 1.59. The summed E-state index contributed by atoms with van der Waals surface area (Å²) in [4.78, 5) is 27.3. The Morgan fingerprint density at radius 3 is 1.91 bits per heavy atom. The highest BCUT2D eigenvalue weighted by molar-refractivity contribution is 5.92. The molecule has 8 nitrogen and oxygen atoms in total. The second-order valence-electron chi connectivity index (χ2n) is 11.2. The van der Waals surface area contributed by atoms with Crippen molar-refractivity contribution in [1.82, 2.24) is 0 Å². The largest absolute Gasteiger partial charge is 0.494 e. The number of hydrogen-bond donors (Lipinski definition) is 0. The number of nitrogens with zero attached hydrogens (tertiary/aromatic N) is 2. The number of benzene rings is 3. The summed E-state index contributed by atoms with van der Waals surface area (Å²) < 4.78 is 39.0. The van der Waals surface area contributed by atoms with Gasteiger partial charge in [0.2, 0.25) is 0 Å². The van der Waals surface area contributed by atoms with Crippen LogP contribution in [0.1, 0.15) is 79.3 Å². The lowest BCUT2D eigenvalue weighted by molar-refractivity contribution is -0.749. The smallest absolute Gasteiger partial charge is 0.343 e. The number of carbonyl (C=O) groups excluding carboxylic acids is 2. The van der Waals surface area contributed by atoms with E-state index < -0.39 is 17.8 Å². The molecule has 0 fully saturated rings. The molecule has 0 aliphatic carbocycles. The third-order valence-corrected chi connectivity index (χ3v) is 7.34. The Morgan fingerprint density at radius 2 is 1.30 bits per heavy atom. The van der Waals surface area contributed by atoms with Crippen molar-refractivity contribution in [3.8, 4) is 23.0 Å². The second-order valence-corrected chi connectivity index (χ2v) is 11.2. The van der Waals surface area contributed by atoms with Gasteiger partial charge in [-0.2, -0.15) is 4.57 Å². The van der Waals surface area contributed by atoms with Crippen LogP contribution in [-0.2, 0) is 0 Å². The average molecular weight is 630 g/mol. The van der Waals surface area contributed by atoms with Crippen LogP contribution in [0.3, 0.4) is 0 Å². The maximum atomic E-state index is 14.8.